The third-order valence-electron chi connectivity index (χ3n) is 28.0. The second-order valence-corrected chi connectivity index (χ2v) is 39.8. The van der Waals surface area contributed by atoms with Gasteiger partial charge in [-0.15, -0.1) is 22.7 Å². The van der Waals surface area contributed by atoms with Crippen molar-refractivity contribution in [3.05, 3.63) is 355 Å². The van der Waals surface area contributed by atoms with Crippen molar-refractivity contribution in [3.8, 4) is 0 Å². The lowest BCUT2D eigenvalue weighted by Crippen LogP contribution is -2.49. The summed E-state index contributed by atoms with van der Waals surface area (Å²) in [4.78, 5) is 95.5. The summed E-state index contributed by atoms with van der Waals surface area (Å²) in [5.41, 5.74) is 15.4. The molecule has 5 aromatic heterocycles. The molecule has 24 heteroatoms. The lowest BCUT2D eigenvalue weighted by atomic mass is 9.92. The predicted octanol–water partition coefficient (Wildman–Crippen LogP) is 21.4. The fourth-order valence-corrected chi connectivity index (χ4v) is 23.0. The van der Waals surface area contributed by atoms with Crippen LogP contribution in [0.5, 0.6) is 0 Å². The smallest absolute Gasteiger partial charge is 0.351 e. The topological polar surface area (TPSA) is 174 Å². The molecule has 7 saturated heterocycles. The number of amides is 5. The quantitative estimate of drug-likeness (QED) is 0.0767. The Morgan fingerprint density at radius 2 is 0.787 bits per heavy atom. The van der Waals surface area contributed by atoms with E-state index >= 15 is 0 Å². The Labute approximate surface area is 800 Å². The third kappa shape index (κ3) is 22.0. The molecule has 12 heterocycles. The monoisotopic (exact) mass is 1870 g/mol. The highest BCUT2D eigenvalue weighted by Gasteiger charge is 2.42. The first-order chi connectivity index (χ1) is 65.9. The molecule has 4 atom stereocenters. The van der Waals surface area contributed by atoms with Crippen LogP contribution in [0.4, 0.5) is 17.6 Å². The summed E-state index contributed by atoms with van der Waals surface area (Å²) in [7, 11) is 0. The van der Waals surface area contributed by atoms with E-state index in [0.29, 0.717) is 73.2 Å². The zero-order valence-electron chi connectivity index (χ0n) is 78.2. The van der Waals surface area contributed by atoms with Gasteiger partial charge >= 0.3 is 6.18 Å². The molecule has 4 unspecified atom stereocenters. The van der Waals surface area contributed by atoms with Crippen LogP contribution in [0, 0.1) is 52.3 Å². The molecule has 0 saturated carbocycles. The fourth-order valence-electron chi connectivity index (χ4n) is 21.0. The van der Waals surface area contributed by atoms with Gasteiger partial charge in [-0.05, 0) is 233 Å². The van der Waals surface area contributed by atoms with Crippen LogP contribution in [-0.4, -0.2) is 225 Å². The van der Waals surface area contributed by atoms with E-state index in [-0.39, 0.29) is 53.1 Å². The number of aryl methyl sites for hydroxylation is 5. The molecule has 0 bridgehead atoms. The maximum atomic E-state index is 13.6. The zero-order chi connectivity index (χ0) is 94.3. The maximum Gasteiger partial charge on any atom is 0.416 e. The van der Waals surface area contributed by atoms with Crippen molar-refractivity contribution < 1.29 is 41.5 Å². The van der Waals surface area contributed by atoms with Gasteiger partial charge in [0.05, 0.1) is 27.4 Å². The summed E-state index contributed by atoms with van der Waals surface area (Å²) >= 11 is 3.21. The number of nitrogens with one attached hydrogen (secondary N) is 4. The van der Waals surface area contributed by atoms with Crippen molar-refractivity contribution >= 4 is 105 Å². The summed E-state index contributed by atoms with van der Waals surface area (Å²) in [6, 6.07) is 87.4. The lowest BCUT2D eigenvalue weighted by molar-refractivity contribution is -0.137. The first-order valence-corrected chi connectivity index (χ1v) is 49.6. The number of halogens is 4. The number of likely N-dealkylation sites (N-methyl/N-ethyl adjacent to an activating group) is 1. The number of benzene rings is 10. The molecule has 7 aliphatic heterocycles. The number of thiophene rings is 2. The van der Waals surface area contributed by atoms with E-state index in [0.717, 1.165) is 152 Å². The number of carbonyl (C=O) groups is 5. The number of carbonyl (C=O) groups excluding carboxylic acids is 5. The first-order valence-electron chi connectivity index (χ1n) is 47.9. The highest BCUT2D eigenvalue weighted by molar-refractivity contribution is 7.21. The number of aromatic amines is 3. The highest BCUT2D eigenvalue weighted by Crippen LogP contribution is 2.39. The average molecular weight is 1870 g/mol. The molecule has 702 valence electrons. The molecule has 7 aliphatic rings. The number of fused-ring (bicyclic) bond motifs is 7. The molecule has 0 aliphatic carbocycles. The lowest BCUT2D eigenvalue weighted by Gasteiger charge is -2.39. The van der Waals surface area contributed by atoms with Crippen LogP contribution in [0.15, 0.2) is 261 Å². The molecule has 18 nitrogen and oxygen atoms in total. The van der Waals surface area contributed by atoms with Crippen molar-refractivity contribution in [3.63, 3.8) is 0 Å². The molecule has 0 spiro atoms. The van der Waals surface area contributed by atoms with Crippen molar-refractivity contribution in [2.45, 2.75) is 104 Å². The number of alkyl halides is 3. The summed E-state index contributed by atoms with van der Waals surface area (Å²) < 4.78 is 54.6. The summed E-state index contributed by atoms with van der Waals surface area (Å²) in [6.45, 7) is 28.7. The van der Waals surface area contributed by atoms with Crippen LogP contribution < -0.4 is 5.32 Å². The highest BCUT2D eigenvalue weighted by atomic mass is 32.1. The van der Waals surface area contributed by atoms with Gasteiger partial charge in [-0.1, -0.05) is 193 Å². The number of aromatic nitrogens is 3. The number of nitrogens with zero attached hydrogens (tertiary/aromatic N) is 9. The van der Waals surface area contributed by atoms with Crippen LogP contribution in [0.1, 0.15) is 157 Å². The van der Waals surface area contributed by atoms with Crippen molar-refractivity contribution in [2.24, 2.45) is 11.8 Å². The third-order valence-corrected chi connectivity index (χ3v) is 30.2. The Bertz CT molecular complexity index is 6410. The number of rotatable bonds is 14. The van der Waals surface area contributed by atoms with Gasteiger partial charge in [0.2, 0.25) is 0 Å². The number of H-pyrrole nitrogens is 3. The summed E-state index contributed by atoms with van der Waals surface area (Å²) in [6.07, 6.45) is 0.577. The van der Waals surface area contributed by atoms with Crippen molar-refractivity contribution in [1.82, 2.24) is 64.4 Å². The van der Waals surface area contributed by atoms with Gasteiger partial charge in [0.25, 0.3) is 29.5 Å². The van der Waals surface area contributed by atoms with Crippen LogP contribution in [0.25, 0.3) is 52.9 Å². The average Bonchev–Trinajstić information content (AvgIpc) is 1.63. The standard InChI is InChI=1S/2C27H26N2OS.C22H21F4N3O.C19H25N3O.C17H21N3O/c2*1-20-12-13-24-23(18-20)19-25(31-24)27(30)29-16-14-28(15-17-29)26(21-8-4-2-5-9-21)22-10-6-3-7-11-22;1-14-8-15(10-18(23)9-14)13-28-4-6-29(7-5-28)21(30)20-12-16-11-17(22(24,25)26)2-3-19(16)27-20;1-3-21-8-4-5-14-11-22(12-18(14)21)19(23)17-10-15-9-13(2)6-7-16(15)20-17;1-11-4-5-14-13(7-11)8-15(19-14)17(21)20-9-12-3-2-6-18-16(12)10-20/h2*2-13,18-19,26H,14-17H2,1H3;2-3,8-12,27H,4-7,13H2,1H3;6-7,9-10,14,18,20H,3-5,8,11-12H2,1-2H3;4-5,7-8,12,16,18-19H,2-3,6,9-10H2,1H3. The number of piperidine rings is 2. The molecule has 7 fully saturated rings. The maximum absolute atomic E-state index is 13.6. The first kappa shape index (κ1) is 94.0. The van der Waals surface area contributed by atoms with E-state index in [2.05, 4.69) is 280 Å². The Hall–Kier alpha value is -12.4. The van der Waals surface area contributed by atoms with E-state index in [1.165, 1.54) is 121 Å². The van der Waals surface area contributed by atoms with Gasteiger partial charge < -0.3 is 44.8 Å². The Balaban J connectivity index is 0.000000114. The van der Waals surface area contributed by atoms with Gasteiger partial charge in [-0.3, -0.25) is 43.6 Å². The Morgan fingerprint density at radius 3 is 1.24 bits per heavy atom. The Morgan fingerprint density at radius 1 is 0.382 bits per heavy atom. The largest absolute Gasteiger partial charge is 0.416 e. The minimum atomic E-state index is -4.42. The van der Waals surface area contributed by atoms with E-state index in [1.807, 2.05) is 45.9 Å². The summed E-state index contributed by atoms with van der Waals surface area (Å²) in [5.74, 6) is 1.41. The van der Waals surface area contributed by atoms with Gasteiger partial charge in [-0.25, -0.2) is 4.39 Å². The molecule has 5 amide bonds. The molecule has 136 heavy (non-hydrogen) atoms. The molecule has 0 radical (unpaired) electrons. The molecule has 10 aromatic carbocycles. The van der Waals surface area contributed by atoms with E-state index in [1.54, 1.807) is 27.6 Å². The number of piperazine rings is 3. The van der Waals surface area contributed by atoms with Gasteiger partial charge in [-0.2, -0.15) is 13.2 Å². The molecule has 15 aromatic rings. The normalized spacial score (nSPS) is 18.4. The van der Waals surface area contributed by atoms with Gasteiger partial charge in [0, 0.05) is 165 Å². The van der Waals surface area contributed by atoms with Gasteiger partial charge in [0.15, 0.2) is 0 Å². The van der Waals surface area contributed by atoms with Gasteiger partial charge in [0.1, 0.15) is 22.9 Å². The van der Waals surface area contributed by atoms with Crippen molar-refractivity contribution in [2.75, 3.05) is 124 Å². The minimum absolute atomic E-state index is 0.139. The molecular weight excluding hydrogens is 1750 g/mol. The van der Waals surface area contributed by atoms with Crippen molar-refractivity contribution in [1.29, 1.82) is 0 Å². The fraction of sp³-hybridized carbons (Fsp3) is 0.330. The molecular formula is C112H119F4N13O5S2. The van der Waals surface area contributed by atoms with Crippen LogP contribution in [0.2, 0.25) is 0 Å². The van der Waals surface area contributed by atoms with Crippen LogP contribution >= 0.6 is 22.7 Å². The molecule has 4 N–H and O–H groups in total. The predicted molar refractivity (Wildman–Crippen MR) is 539 cm³/mol. The zero-order valence-corrected chi connectivity index (χ0v) is 79.8. The number of likely N-dealkylation sites (tertiary alicyclic amines) is 3. The van der Waals surface area contributed by atoms with Crippen LogP contribution in [0.3, 0.4) is 0 Å². The second-order valence-electron chi connectivity index (χ2n) is 37.6. The summed E-state index contributed by atoms with van der Waals surface area (Å²) in [5, 5.41) is 8.48. The van der Waals surface area contributed by atoms with E-state index in [4.69, 9.17) is 0 Å². The Kier molecular flexibility index (Phi) is 29.1. The minimum Gasteiger partial charge on any atom is -0.351 e. The second kappa shape index (κ2) is 42.1. The van der Waals surface area contributed by atoms with Crippen LogP contribution in [-0.2, 0) is 12.7 Å². The number of hydrogen-bond donors (Lipinski definition) is 4. The molecule has 22 rings (SSSR count). The van der Waals surface area contributed by atoms with E-state index < -0.39 is 11.7 Å². The van der Waals surface area contributed by atoms with E-state index in [9.17, 15) is 41.5 Å². The SMILES string of the molecule is CCN1CCCC2CN(C(=O)c3cc4cc(C)ccc4[nH]3)CC21.Cc1cc(F)cc(CN2CCN(C(=O)c3cc4cc(C(F)(F)F)ccc4[nH]3)CC2)c1.Cc1ccc2[nH]c(C(=O)N3CC4CCCNC4C3)cc2c1.Cc1ccc2sc(C(=O)N3CCN(C(c4ccccc4)c4ccccc4)CC3)cc2c1.Cc1ccc2sc(C(=O)N3CCN(C(c4ccccc4)c4ccccc4)CC3)cc2c1. The number of hydrogen-bond acceptors (Lipinski definition) is 12.